The van der Waals surface area contributed by atoms with Crippen LogP contribution >= 0.6 is 0 Å². The molecule has 0 spiro atoms. The van der Waals surface area contributed by atoms with Crippen molar-refractivity contribution in [2.24, 2.45) is 0 Å². The van der Waals surface area contributed by atoms with Crippen molar-refractivity contribution in [1.29, 1.82) is 0 Å². The lowest BCUT2D eigenvalue weighted by Gasteiger charge is -2.06. The Morgan fingerprint density at radius 3 is 2.81 bits per heavy atom. The molecule has 0 aliphatic carbocycles. The van der Waals surface area contributed by atoms with Crippen molar-refractivity contribution >= 4 is 10.9 Å². The van der Waals surface area contributed by atoms with Crippen LogP contribution in [-0.2, 0) is 13.0 Å². The van der Waals surface area contributed by atoms with Gasteiger partial charge in [0.15, 0.2) is 0 Å². The molecule has 2 aromatic carbocycles. The number of H-pyrrole nitrogens is 1. The van der Waals surface area contributed by atoms with Crippen LogP contribution < -0.4 is 5.32 Å². The summed E-state index contributed by atoms with van der Waals surface area (Å²) in [4.78, 5) is 3.15. The van der Waals surface area contributed by atoms with Gasteiger partial charge in [-0.25, -0.2) is 4.39 Å². The highest BCUT2D eigenvalue weighted by molar-refractivity contribution is 5.83. The van der Waals surface area contributed by atoms with Gasteiger partial charge in [-0.2, -0.15) is 0 Å². The van der Waals surface area contributed by atoms with E-state index in [0.717, 1.165) is 35.0 Å². The summed E-state index contributed by atoms with van der Waals surface area (Å²) in [5, 5.41) is 13.9. The van der Waals surface area contributed by atoms with E-state index in [1.165, 1.54) is 6.07 Å². The van der Waals surface area contributed by atoms with E-state index in [1.807, 2.05) is 18.3 Å². The van der Waals surface area contributed by atoms with Gasteiger partial charge in [-0.05, 0) is 42.8 Å². The average Bonchev–Trinajstić information content (AvgIpc) is 2.88. The molecule has 0 aliphatic heterocycles. The molecule has 3 aromatic rings. The first-order valence-electron chi connectivity index (χ1n) is 6.97. The van der Waals surface area contributed by atoms with E-state index in [9.17, 15) is 9.50 Å². The molecule has 0 unspecified atom stereocenters. The summed E-state index contributed by atoms with van der Waals surface area (Å²) < 4.78 is 13.3. The Kier molecular flexibility index (Phi) is 3.88. The van der Waals surface area contributed by atoms with Gasteiger partial charge in [-0.1, -0.05) is 18.2 Å². The van der Waals surface area contributed by atoms with Crippen LogP contribution in [0.4, 0.5) is 4.39 Å². The maximum Gasteiger partial charge on any atom is 0.123 e. The zero-order valence-corrected chi connectivity index (χ0v) is 11.6. The molecule has 0 saturated heterocycles. The number of benzene rings is 2. The van der Waals surface area contributed by atoms with Crippen molar-refractivity contribution in [3.05, 3.63) is 65.6 Å². The molecule has 3 N–H and O–H groups in total. The molecule has 0 atom stereocenters. The van der Waals surface area contributed by atoms with Crippen LogP contribution in [0.5, 0.6) is 5.75 Å². The van der Waals surface area contributed by atoms with Gasteiger partial charge in [0, 0.05) is 29.2 Å². The minimum absolute atomic E-state index is 0.217. The zero-order valence-electron chi connectivity index (χ0n) is 11.6. The number of aromatic amines is 1. The topological polar surface area (TPSA) is 48.0 Å². The second-order valence-electron chi connectivity index (χ2n) is 5.06. The Morgan fingerprint density at radius 1 is 1.10 bits per heavy atom. The third-order valence-corrected chi connectivity index (χ3v) is 3.61. The Labute approximate surface area is 122 Å². The minimum atomic E-state index is -0.217. The number of para-hydroxylation sites is 1. The molecule has 0 amide bonds. The van der Waals surface area contributed by atoms with Crippen LogP contribution in [0.25, 0.3) is 10.9 Å². The van der Waals surface area contributed by atoms with Gasteiger partial charge < -0.3 is 15.4 Å². The second kappa shape index (κ2) is 5.97. The summed E-state index contributed by atoms with van der Waals surface area (Å²) in [7, 11) is 0. The Hall–Kier alpha value is -2.33. The van der Waals surface area contributed by atoms with Gasteiger partial charge in [0.25, 0.3) is 0 Å². The van der Waals surface area contributed by atoms with E-state index in [0.29, 0.717) is 12.3 Å². The first-order chi connectivity index (χ1) is 10.2. The minimum Gasteiger partial charge on any atom is -0.508 e. The molecule has 1 aromatic heterocycles. The number of nitrogens with one attached hydrogen (secondary N) is 2. The van der Waals surface area contributed by atoms with Crippen LogP contribution in [0.3, 0.4) is 0 Å². The van der Waals surface area contributed by atoms with E-state index in [4.69, 9.17) is 0 Å². The largest absolute Gasteiger partial charge is 0.508 e. The molecule has 3 nitrogen and oxygen atoms in total. The molecular weight excluding hydrogens is 267 g/mol. The molecule has 0 saturated carbocycles. The van der Waals surface area contributed by atoms with Crippen LogP contribution in [0.2, 0.25) is 0 Å². The normalized spacial score (nSPS) is 11.1. The van der Waals surface area contributed by atoms with Crippen LogP contribution in [0.1, 0.15) is 11.1 Å². The average molecular weight is 284 g/mol. The number of rotatable bonds is 5. The Balaban J connectivity index is 1.60. The first kappa shape index (κ1) is 13.6. The van der Waals surface area contributed by atoms with Crippen molar-refractivity contribution < 1.29 is 9.50 Å². The molecule has 0 aliphatic rings. The molecule has 1 heterocycles. The summed E-state index contributed by atoms with van der Waals surface area (Å²) in [5.41, 5.74) is 2.92. The summed E-state index contributed by atoms with van der Waals surface area (Å²) in [6.45, 7) is 1.38. The van der Waals surface area contributed by atoms with Gasteiger partial charge in [-0.3, -0.25) is 0 Å². The fourth-order valence-corrected chi connectivity index (χ4v) is 2.46. The van der Waals surface area contributed by atoms with Crippen LogP contribution in [0, 0.1) is 5.82 Å². The molecule has 0 radical (unpaired) electrons. The summed E-state index contributed by atoms with van der Waals surface area (Å²) in [6.07, 6.45) is 2.73. The van der Waals surface area contributed by atoms with E-state index < -0.39 is 0 Å². The Morgan fingerprint density at radius 2 is 1.95 bits per heavy atom. The number of hydrogen-bond donors (Lipinski definition) is 3. The fourth-order valence-electron chi connectivity index (χ4n) is 2.46. The predicted molar refractivity (Wildman–Crippen MR) is 81.8 cm³/mol. The lowest BCUT2D eigenvalue weighted by atomic mass is 10.1. The first-order valence-corrected chi connectivity index (χ1v) is 6.97. The monoisotopic (exact) mass is 284 g/mol. The van der Waals surface area contributed by atoms with E-state index in [2.05, 4.69) is 10.3 Å². The van der Waals surface area contributed by atoms with Crippen molar-refractivity contribution in [2.75, 3.05) is 6.54 Å². The van der Waals surface area contributed by atoms with Crippen LogP contribution in [0.15, 0.2) is 48.7 Å². The third-order valence-electron chi connectivity index (χ3n) is 3.61. The molecule has 4 heteroatoms. The number of halogens is 1. The lowest BCUT2D eigenvalue weighted by Crippen LogP contribution is -2.16. The highest BCUT2D eigenvalue weighted by Gasteiger charge is 2.05. The molecule has 3 rings (SSSR count). The zero-order chi connectivity index (χ0) is 14.7. The van der Waals surface area contributed by atoms with Crippen molar-refractivity contribution in [2.45, 2.75) is 13.0 Å². The maximum atomic E-state index is 13.3. The molecule has 0 fully saturated rings. The van der Waals surface area contributed by atoms with Gasteiger partial charge in [0.05, 0.1) is 0 Å². The molecule has 108 valence electrons. The quantitative estimate of drug-likeness (QED) is 0.629. The van der Waals surface area contributed by atoms with E-state index in [-0.39, 0.29) is 5.82 Å². The SMILES string of the molecule is Oc1ccccc1CNCCc1c[nH]c2ccc(F)cc12. The van der Waals surface area contributed by atoms with Crippen LogP contribution in [-0.4, -0.2) is 16.6 Å². The molecule has 21 heavy (non-hydrogen) atoms. The smallest absolute Gasteiger partial charge is 0.123 e. The fraction of sp³-hybridized carbons (Fsp3) is 0.176. The summed E-state index contributed by atoms with van der Waals surface area (Å²) in [6, 6.07) is 12.0. The Bertz CT molecular complexity index is 751. The standard InChI is InChI=1S/C17H17FN2O/c18-14-5-6-16-15(9-14)12(11-20-16)7-8-19-10-13-3-1-2-4-17(13)21/h1-6,9,11,19-21H,7-8,10H2. The van der Waals surface area contributed by atoms with Gasteiger partial charge in [-0.15, -0.1) is 0 Å². The third kappa shape index (κ3) is 3.06. The highest BCUT2D eigenvalue weighted by atomic mass is 19.1. The summed E-state index contributed by atoms with van der Waals surface area (Å²) >= 11 is 0. The van der Waals surface area contributed by atoms with Gasteiger partial charge in [0.1, 0.15) is 11.6 Å². The maximum absolute atomic E-state index is 13.3. The number of aromatic hydroxyl groups is 1. The van der Waals surface area contributed by atoms with Gasteiger partial charge in [0.2, 0.25) is 0 Å². The number of fused-ring (bicyclic) bond motifs is 1. The van der Waals surface area contributed by atoms with Gasteiger partial charge >= 0.3 is 0 Å². The second-order valence-corrected chi connectivity index (χ2v) is 5.06. The van der Waals surface area contributed by atoms with Crippen molar-refractivity contribution in [1.82, 2.24) is 10.3 Å². The highest BCUT2D eigenvalue weighted by Crippen LogP contribution is 2.20. The predicted octanol–water partition coefficient (Wildman–Crippen LogP) is 3.34. The van der Waals surface area contributed by atoms with Crippen molar-refractivity contribution in [3.8, 4) is 5.75 Å². The number of phenolic OH excluding ortho intramolecular Hbond substituents is 1. The van der Waals surface area contributed by atoms with E-state index in [1.54, 1.807) is 24.3 Å². The number of aromatic nitrogens is 1. The molecular formula is C17H17FN2O. The number of phenols is 1. The number of hydrogen-bond acceptors (Lipinski definition) is 2. The van der Waals surface area contributed by atoms with Crippen molar-refractivity contribution in [3.63, 3.8) is 0 Å². The summed E-state index contributed by atoms with van der Waals surface area (Å²) in [5.74, 6) is 0.0877. The molecule has 0 bridgehead atoms. The van der Waals surface area contributed by atoms with E-state index >= 15 is 0 Å². The lowest BCUT2D eigenvalue weighted by molar-refractivity contribution is 0.464.